The summed E-state index contributed by atoms with van der Waals surface area (Å²) in [6, 6.07) is 3.75. The van der Waals surface area contributed by atoms with Gasteiger partial charge in [-0.05, 0) is 24.3 Å². The highest BCUT2D eigenvalue weighted by molar-refractivity contribution is 5.99. The Morgan fingerprint density at radius 3 is 1.67 bits per heavy atom. The molecule has 0 aromatic heterocycles. The van der Waals surface area contributed by atoms with E-state index in [4.69, 9.17) is 5.73 Å². The summed E-state index contributed by atoms with van der Waals surface area (Å²) in [5.74, 6) is -6.07. The van der Waals surface area contributed by atoms with E-state index >= 15 is 0 Å². The van der Waals surface area contributed by atoms with Crippen molar-refractivity contribution in [3.63, 3.8) is 0 Å². The number of anilines is 1. The van der Waals surface area contributed by atoms with Gasteiger partial charge in [0.15, 0.2) is 5.78 Å². The number of rotatable bonds is 2. The van der Waals surface area contributed by atoms with Gasteiger partial charge < -0.3 is 5.73 Å². The summed E-state index contributed by atoms with van der Waals surface area (Å²) in [6.07, 6.45) is -11.4. The maximum Gasteiger partial charge on any atom is 0.407 e. The molecule has 0 aliphatic rings. The quantitative estimate of drug-likeness (QED) is 0.510. The molecule has 0 spiro atoms. The van der Waals surface area contributed by atoms with Crippen LogP contribution in [0.2, 0.25) is 0 Å². The number of carbonyl (C=O) groups excluding carboxylic acids is 1. The van der Waals surface area contributed by atoms with Gasteiger partial charge in [0.1, 0.15) is 0 Å². The van der Waals surface area contributed by atoms with Crippen LogP contribution in [0.25, 0.3) is 0 Å². The highest BCUT2D eigenvalue weighted by Crippen LogP contribution is 2.41. The standard InChI is InChI=1S/C10H7F6NO/c11-9(12,13)8(10(14,15)16)7(18)5-1-3-6(17)4-2-5/h1-4,8H,17H2. The van der Waals surface area contributed by atoms with E-state index in [1.54, 1.807) is 0 Å². The zero-order valence-electron chi connectivity index (χ0n) is 8.64. The second-order valence-corrected chi connectivity index (χ2v) is 3.50. The van der Waals surface area contributed by atoms with E-state index in [0.29, 0.717) is 0 Å². The molecule has 100 valence electrons. The first-order valence-electron chi connectivity index (χ1n) is 4.56. The molecule has 0 fully saturated rings. The van der Waals surface area contributed by atoms with Crippen LogP contribution in [0.4, 0.5) is 32.0 Å². The third kappa shape index (κ3) is 3.14. The maximum absolute atomic E-state index is 12.3. The third-order valence-electron chi connectivity index (χ3n) is 2.11. The molecule has 1 rings (SSSR count). The average molecular weight is 271 g/mol. The maximum atomic E-state index is 12.3. The number of ketones is 1. The summed E-state index contributed by atoms with van der Waals surface area (Å²) >= 11 is 0. The Balaban J connectivity index is 3.16. The highest BCUT2D eigenvalue weighted by Gasteiger charge is 2.60. The Bertz CT molecular complexity index is 419. The monoisotopic (exact) mass is 271 g/mol. The topological polar surface area (TPSA) is 43.1 Å². The van der Waals surface area contributed by atoms with Crippen molar-refractivity contribution in [3.8, 4) is 0 Å². The van der Waals surface area contributed by atoms with E-state index in [1.807, 2.05) is 0 Å². The van der Waals surface area contributed by atoms with Crippen LogP contribution in [-0.2, 0) is 0 Å². The van der Waals surface area contributed by atoms with Crippen molar-refractivity contribution in [2.45, 2.75) is 12.4 Å². The molecule has 0 aliphatic heterocycles. The fraction of sp³-hybridized carbons (Fsp3) is 0.300. The Hall–Kier alpha value is -1.73. The molecule has 0 unspecified atom stereocenters. The third-order valence-corrected chi connectivity index (χ3v) is 2.11. The van der Waals surface area contributed by atoms with Crippen molar-refractivity contribution in [1.82, 2.24) is 0 Å². The fourth-order valence-corrected chi connectivity index (χ4v) is 1.30. The largest absolute Gasteiger partial charge is 0.407 e. The minimum Gasteiger partial charge on any atom is -0.399 e. The molecule has 0 radical (unpaired) electrons. The second kappa shape index (κ2) is 4.51. The lowest BCUT2D eigenvalue weighted by atomic mass is 9.96. The Morgan fingerprint density at radius 1 is 0.944 bits per heavy atom. The van der Waals surface area contributed by atoms with Crippen LogP contribution in [-0.4, -0.2) is 18.1 Å². The SMILES string of the molecule is Nc1ccc(C(=O)C(C(F)(F)F)C(F)(F)F)cc1. The number of benzene rings is 1. The number of hydrogen-bond donors (Lipinski definition) is 1. The molecule has 0 saturated carbocycles. The Labute approximate surface area is 97.4 Å². The summed E-state index contributed by atoms with van der Waals surface area (Å²) in [5.41, 5.74) is 4.65. The van der Waals surface area contributed by atoms with E-state index in [-0.39, 0.29) is 5.69 Å². The van der Waals surface area contributed by atoms with Crippen molar-refractivity contribution >= 4 is 11.5 Å². The average Bonchev–Trinajstić information content (AvgIpc) is 2.13. The summed E-state index contributed by atoms with van der Waals surface area (Å²) in [6.45, 7) is 0. The second-order valence-electron chi connectivity index (χ2n) is 3.50. The van der Waals surface area contributed by atoms with E-state index in [9.17, 15) is 31.1 Å². The Kier molecular flexibility index (Phi) is 3.59. The Morgan fingerprint density at radius 2 is 1.33 bits per heavy atom. The predicted octanol–water partition coefficient (Wildman–Crippen LogP) is 3.19. The van der Waals surface area contributed by atoms with Crippen LogP contribution >= 0.6 is 0 Å². The summed E-state index contributed by atoms with van der Waals surface area (Å²) < 4.78 is 73.6. The molecule has 1 aromatic rings. The summed E-state index contributed by atoms with van der Waals surface area (Å²) in [4.78, 5) is 11.3. The molecule has 0 bridgehead atoms. The number of Topliss-reactive ketones (excluding diaryl/α,β-unsaturated/α-hetero) is 1. The molecule has 18 heavy (non-hydrogen) atoms. The van der Waals surface area contributed by atoms with Crippen molar-refractivity contribution in [2.75, 3.05) is 5.73 Å². The number of alkyl halides is 6. The molecule has 0 saturated heterocycles. The van der Waals surface area contributed by atoms with Gasteiger partial charge in [-0.1, -0.05) is 0 Å². The van der Waals surface area contributed by atoms with Gasteiger partial charge >= 0.3 is 12.4 Å². The lowest BCUT2D eigenvalue weighted by Crippen LogP contribution is -2.42. The van der Waals surface area contributed by atoms with Gasteiger partial charge in [-0.3, -0.25) is 4.79 Å². The number of carbonyl (C=O) groups is 1. The van der Waals surface area contributed by atoms with E-state index in [1.165, 1.54) is 0 Å². The minimum absolute atomic E-state index is 0.127. The molecule has 1 aromatic carbocycles. The van der Waals surface area contributed by atoms with Gasteiger partial charge in [-0.2, -0.15) is 26.3 Å². The lowest BCUT2D eigenvalue weighted by molar-refractivity contribution is -0.264. The molecule has 2 N–H and O–H groups in total. The number of nitrogen functional groups attached to an aromatic ring is 1. The van der Waals surface area contributed by atoms with Crippen LogP contribution in [0.5, 0.6) is 0 Å². The molecular weight excluding hydrogens is 264 g/mol. The molecule has 0 atom stereocenters. The molecule has 0 aliphatic carbocycles. The normalized spacial score (nSPS) is 12.8. The van der Waals surface area contributed by atoms with Crippen LogP contribution in [0.3, 0.4) is 0 Å². The number of hydrogen-bond acceptors (Lipinski definition) is 2. The van der Waals surface area contributed by atoms with E-state index < -0.39 is 29.6 Å². The zero-order chi connectivity index (χ0) is 14.1. The van der Waals surface area contributed by atoms with Gasteiger partial charge in [-0.15, -0.1) is 0 Å². The molecule has 2 nitrogen and oxygen atoms in total. The minimum atomic E-state index is -5.68. The van der Waals surface area contributed by atoms with Gasteiger partial charge in [0, 0.05) is 11.3 Å². The lowest BCUT2D eigenvalue weighted by Gasteiger charge is -2.21. The van der Waals surface area contributed by atoms with E-state index in [2.05, 4.69) is 0 Å². The van der Waals surface area contributed by atoms with Gasteiger partial charge in [-0.25, -0.2) is 0 Å². The first kappa shape index (κ1) is 14.3. The predicted molar refractivity (Wildman–Crippen MR) is 50.8 cm³/mol. The molecule has 0 amide bonds. The molecule has 0 heterocycles. The summed E-state index contributed by atoms with van der Waals surface area (Å²) in [7, 11) is 0. The van der Waals surface area contributed by atoms with Crippen LogP contribution in [0.15, 0.2) is 24.3 Å². The van der Waals surface area contributed by atoms with Crippen molar-refractivity contribution < 1.29 is 31.1 Å². The van der Waals surface area contributed by atoms with Crippen LogP contribution in [0.1, 0.15) is 10.4 Å². The van der Waals surface area contributed by atoms with Crippen LogP contribution < -0.4 is 5.73 Å². The van der Waals surface area contributed by atoms with Gasteiger partial charge in [0.2, 0.25) is 5.92 Å². The van der Waals surface area contributed by atoms with Crippen molar-refractivity contribution in [2.24, 2.45) is 5.92 Å². The highest BCUT2D eigenvalue weighted by atomic mass is 19.4. The fourth-order valence-electron chi connectivity index (χ4n) is 1.30. The van der Waals surface area contributed by atoms with Crippen molar-refractivity contribution in [3.05, 3.63) is 29.8 Å². The van der Waals surface area contributed by atoms with Gasteiger partial charge in [0.25, 0.3) is 0 Å². The first-order chi connectivity index (χ1) is 8.03. The first-order valence-corrected chi connectivity index (χ1v) is 4.56. The smallest absolute Gasteiger partial charge is 0.399 e. The van der Waals surface area contributed by atoms with Crippen molar-refractivity contribution in [1.29, 1.82) is 0 Å². The summed E-state index contributed by atoms with van der Waals surface area (Å²) in [5, 5.41) is 0. The van der Waals surface area contributed by atoms with Gasteiger partial charge in [0.05, 0.1) is 0 Å². The molecule has 8 heteroatoms. The molecular formula is C10H7F6NO. The number of nitrogens with two attached hydrogens (primary N) is 1. The zero-order valence-corrected chi connectivity index (χ0v) is 8.64. The van der Waals surface area contributed by atoms with E-state index in [0.717, 1.165) is 24.3 Å². The number of halogens is 6. The van der Waals surface area contributed by atoms with Crippen LogP contribution in [0, 0.1) is 5.92 Å².